The number of rotatable bonds is 4. The van der Waals surface area contributed by atoms with E-state index < -0.39 is 14.8 Å². The van der Waals surface area contributed by atoms with E-state index in [4.69, 9.17) is 0 Å². The van der Waals surface area contributed by atoms with Crippen LogP contribution in [0.15, 0.2) is 6.33 Å². The summed E-state index contributed by atoms with van der Waals surface area (Å²) in [5.74, 6) is 0.309. The van der Waals surface area contributed by atoms with E-state index in [-0.39, 0.29) is 34.9 Å². The number of nitro groups is 1. The number of sulfone groups is 1. The summed E-state index contributed by atoms with van der Waals surface area (Å²) in [6.45, 7) is 0. The third-order valence-corrected chi connectivity index (χ3v) is 5.06. The normalized spacial score (nSPS) is 20.6. The molecule has 1 N–H and O–H groups in total. The van der Waals surface area contributed by atoms with Crippen molar-refractivity contribution in [2.75, 3.05) is 35.8 Å². The standard InChI is InChI=1S/C10H15N5O4S/c1-11-9-8(15(16)17)10(13-6-12-9)14(2)7-3-4-20(18,19)5-7/h6-7H,3-5H2,1-2H3,(H,11,12,13). The van der Waals surface area contributed by atoms with E-state index in [1.54, 1.807) is 11.9 Å². The summed E-state index contributed by atoms with van der Waals surface area (Å²) >= 11 is 0. The molecule has 2 heterocycles. The van der Waals surface area contributed by atoms with Crippen molar-refractivity contribution in [2.24, 2.45) is 0 Å². The number of nitrogens with zero attached hydrogens (tertiary/aromatic N) is 4. The predicted octanol–water partition coefficient (Wildman–Crippen LogP) is 0.0498. The molecule has 0 aliphatic carbocycles. The second kappa shape index (κ2) is 5.19. The molecule has 110 valence electrons. The van der Waals surface area contributed by atoms with Gasteiger partial charge in [-0.15, -0.1) is 0 Å². The Morgan fingerprint density at radius 3 is 2.70 bits per heavy atom. The lowest BCUT2D eigenvalue weighted by Gasteiger charge is -2.24. The number of anilines is 2. The third kappa shape index (κ3) is 2.64. The lowest BCUT2D eigenvalue weighted by Crippen LogP contribution is -2.33. The highest BCUT2D eigenvalue weighted by atomic mass is 32.2. The van der Waals surface area contributed by atoms with Gasteiger partial charge in [-0.3, -0.25) is 10.1 Å². The molecule has 20 heavy (non-hydrogen) atoms. The zero-order chi connectivity index (χ0) is 14.9. The Morgan fingerprint density at radius 2 is 2.20 bits per heavy atom. The van der Waals surface area contributed by atoms with E-state index in [1.165, 1.54) is 13.4 Å². The SMILES string of the molecule is CNc1ncnc(N(C)C2CCS(=O)(=O)C2)c1[N+](=O)[O-]. The topological polar surface area (TPSA) is 118 Å². The largest absolute Gasteiger partial charge is 0.367 e. The van der Waals surface area contributed by atoms with Crippen LogP contribution in [-0.4, -0.2) is 55.0 Å². The number of hydrogen-bond donors (Lipinski definition) is 1. The molecule has 1 aromatic rings. The Labute approximate surface area is 116 Å². The summed E-state index contributed by atoms with van der Waals surface area (Å²) in [6.07, 6.45) is 1.66. The minimum atomic E-state index is -3.07. The van der Waals surface area contributed by atoms with E-state index in [0.717, 1.165) is 0 Å². The van der Waals surface area contributed by atoms with E-state index in [1.807, 2.05) is 0 Å². The number of hydrogen-bond acceptors (Lipinski definition) is 8. The van der Waals surface area contributed by atoms with Crippen molar-refractivity contribution in [3.8, 4) is 0 Å². The summed E-state index contributed by atoms with van der Waals surface area (Å²) < 4.78 is 23.0. The Hall–Kier alpha value is -1.97. The molecule has 0 spiro atoms. The molecule has 1 aromatic heterocycles. The quantitative estimate of drug-likeness (QED) is 0.612. The van der Waals surface area contributed by atoms with Crippen LogP contribution >= 0.6 is 0 Å². The Bertz CT molecular complexity index is 633. The Morgan fingerprint density at radius 1 is 1.50 bits per heavy atom. The zero-order valence-electron chi connectivity index (χ0n) is 11.1. The van der Waals surface area contributed by atoms with Crippen LogP contribution in [0.2, 0.25) is 0 Å². The first-order valence-electron chi connectivity index (χ1n) is 5.96. The van der Waals surface area contributed by atoms with Crippen LogP contribution in [0, 0.1) is 10.1 Å². The molecule has 1 saturated heterocycles. The number of aromatic nitrogens is 2. The van der Waals surface area contributed by atoms with Gasteiger partial charge in [-0.1, -0.05) is 0 Å². The van der Waals surface area contributed by atoms with Crippen molar-refractivity contribution in [2.45, 2.75) is 12.5 Å². The van der Waals surface area contributed by atoms with Gasteiger partial charge in [-0.25, -0.2) is 18.4 Å². The van der Waals surface area contributed by atoms with Crippen molar-refractivity contribution < 1.29 is 13.3 Å². The van der Waals surface area contributed by atoms with Crippen LogP contribution in [0.4, 0.5) is 17.3 Å². The van der Waals surface area contributed by atoms with Crippen molar-refractivity contribution in [1.82, 2.24) is 9.97 Å². The molecule has 1 unspecified atom stereocenters. The van der Waals surface area contributed by atoms with Crippen LogP contribution in [0.5, 0.6) is 0 Å². The fraction of sp³-hybridized carbons (Fsp3) is 0.600. The molecule has 2 rings (SSSR count). The van der Waals surface area contributed by atoms with Crippen LogP contribution < -0.4 is 10.2 Å². The molecule has 1 atom stereocenters. The molecule has 0 amide bonds. The monoisotopic (exact) mass is 301 g/mol. The van der Waals surface area contributed by atoms with E-state index >= 15 is 0 Å². The lowest BCUT2D eigenvalue weighted by atomic mass is 10.2. The maximum Gasteiger partial charge on any atom is 0.353 e. The van der Waals surface area contributed by atoms with Crippen LogP contribution in [-0.2, 0) is 9.84 Å². The fourth-order valence-corrected chi connectivity index (χ4v) is 4.01. The van der Waals surface area contributed by atoms with Gasteiger partial charge in [0.2, 0.25) is 11.6 Å². The van der Waals surface area contributed by atoms with Gasteiger partial charge in [-0.05, 0) is 6.42 Å². The summed E-state index contributed by atoms with van der Waals surface area (Å²) in [6, 6.07) is -0.307. The minimum Gasteiger partial charge on any atom is -0.367 e. The third-order valence-electron chi connectivity index (χ3n) is 3.31. The molecule has 1 aliphatic rings. The van der Waals surface area contributed by atoms with Gasteiger partial charge in [0.15, 0.2) is 9.84 Å². The Kier molecular flexibility index (Phi) is 3.75. The van der Waals surface area contributed by atoms with E-state index in [0.29, 0.717) is 6.42 Å². The zero-order valence-corrected chi connectivity index (χ0v) is 11.9. The highest BCUT2D eigenvalue weighted by molar-refractivity contribution is 7.91. The highest BCUT2D eigenvalue weighted by Gasteiger charge is 2.35. The fourth-order valence-electron chi connectivity index (χ4n) is 2.23. The first-order chi connectivity index (χ1) is 9.35. The molecular weight excluding hydrogens is 286 g/mol. The molecule has 1 aliphatic heterocycles. The van der Waals surface area contributed by atoms with Crippen molar-refractivity contribution in [1.29, 1.82) is 0 Å². The first-order valence-corrected chi connectivity index (χ1v) is 7.78. The van der Waals surface area contributed by atoms with Crippen LogP contribution in [0.3, 0.4) is 0 Å². The molecule has 10 heteroatoms. The molecule has 0 aromatic carbocycles. The molecule has 9 nitrogen and oxygen atoms in total. The molecule has 0 radical (unpaired) electrons. The average Bonchev–Trinajstić information content (AvgIpc) is 2.77. The van der Waals surface area contributed by atoms with E-state index in [9.17, 15) is 18.5 Å². The molecular formula is C10H15N5O4S. The van der Waals surface area contributed by atoms with Gasteiger partial charge < -0.3 is 10.2 Å². The summed E-state index contributed by atoms with van der Waals surface area (Å²) in [4.78, 5) is 19.9. The first kappa shape index (κ1) is 14.4. The Balaban J connectivity index is 2.40. The predicted molar refractivity (Wildman–Crippen MR) is 73.7 cm³/mol. The van der Waals surface area contributed by atoms with Gasteiger partial charge in [0.05, 0.1) is 16.4 Å². The highest BCUT2D eigenvalue weighted by Crippen LogP contribution is 2.33. The van der Waals surface area contributed by atoms with Gasteiger partial charge >= 0.3 is 5.69 Å². The van der Waals surface area contributed by atoms with Crippen molar-refractivity contribution in [3.05, 3.63) is 16.4 Å². The summed E-state index contributed by atoms with van der Waals surface area (Å²) in [5.41, 5.74) is -0.248. The maximum atomic E-state index is 11.5. The maximum absolute atomic E-state index is 11.5. The lowest BCUT2D eigenvalue weighted by molar-refractivity contribution is -0.383. The van der Waals surface area contributed by atoms with Gasteiger partial charge in [0, 0.05) is 20.1 Å². The molecule has 0 saturated carbocycles. The summed E-state index contributed by atoms with van der Waals surface area (Å²) in [5, 5.41) is 13.8. The van der Waals surface area contributed by atoms with Crippen LogP contribution in [0.25, 0.3) is 0 Å². The van der Waals surface area contributed by atoms with Gasteiger partial charge in [-0.2, -0.15) is 0 Å². The molecule has 1 fully saturated rings. The summed E-state index contributed by atoms with van der Waals surface area (Å²) in [7, 11) is 0.0705. The second-order valence-electron chi connectivity index (χ2n) is 4.57. The average molecular weight is 301 g/mol. The second-order valence-corrected chi connectivity index (χ2v) is 6.80. The van der Waals surface area contributed by atoms with Crippen molar-refractivity contribution in [3.63, 3.8) is 0 Å². The number of nitrogens with one attached hydrogen (secondary N) is 1. The van der Waals surface area contributed by atoms with Gasteiger partial charge in [0.1, 0.15) is 6.33 Å². The van der Waals surface area contributed by atoms with Crippen molar-refractivity contribution >= 4 is 27.2 Å². The molecule has 0 bridgehead atoms. The van der Waals surface area contributed by atoms with Crippen LogP contribution in [0.1, 0.15) is 6.42 Å². The van der Waals surface area contributed by atoms with E-state index in [2.05, 4.69) is 15.3 Å². The minimum absolute atomic E-state index is 0.0143. The van der Waals surface area contributed by atoms with Gasteiger partial charge in [0.25, 0.3) is 0 Å². The smallest absolute Gasteiger partial charge is 0.353 e.